The number of alkyl halides is 3. The number of carbonyl (C=O) groups is 1. The fourth-order valence-corrected chi connectivity index (χ4v) is 2.26. The third kappa shape index (κ3) is 6.81. The first-order valence-electron chi connectivity index (χ1n) is 6.15. The number of benzene rings is 1. The van der Waals surface area contributed by atoms with Crippen molar-refractivity contribution in [3.05, 3.63) is 24.3 Å². The van der Waals surface area contributed by atoms with Gasteiger partial charge in [-0.1, -0.05) is 12.1 Å². The van der Waals surface area contributed by atoms with E-state index in [1.165, 1.54) is 0 Å². The maximum Gasteiger partial charge on any atom is 0.398 e. The van der Waals surface area contributed by atoms with Crippen LogP contribution >= 0.6 is 11.8 Å². The van der Waals surface area contributed by atoms with Gasteiger partial charge in [-0.15, -0.1) is 11.8 Å². The number of nitrogens with one attached hydrogen (secondary N) is 2. The quantitative estimate of drug-likeness (QED) is 0.600. The van der Waals surface area contributed by atoms with Crippen LogP contribution in [0.4, 0.5) is 18.9 Å². The van der Waals surface area contributed by atoms with Gasteiger partial charge in [-0.2, -0.15) is 13.2 Å². The van der Waals surface area contributed by atoms with E-state index in [4.69, 9.17) is 0 Å². The van der Waals surface area contributed by atoms with Crippen LogP contribution in [0.25, 0.3) is 0 Å². The Morgan fingerprint density at radius 2 is 2.00 bits per heavy atom. The van der Waals surface area contributed by atoms with E-state index in [0.717, 1.165) is 6.54 Å². The Morgan fingerprint density at radius 3 is 2.65 bits per heavy atom. The predicted molar refractivity (Wildman–Crippen MR) is 75.0 cm³/mol. The van der Waals surface area contributed by atoms with Crippen LogP contribution in [0.5, 0.6) is 0 Å². The van der Waals surface area contributed by atoms with Crippen molar-refractivity contribution in [3.63, 3.8) is 0 Å². The van der Waals surface area contributed by atoms with E-state index in [1.807, 2.05) is 0 Å². The summed E-state index contributed by atoms with van der Waals surface area (Å²) in [6.45, 7) is 0.720. The third-order valence-electron chi connectivity index (χ3n) is 2.38. The molecule has 0 fully saturated rings. The summed E-state index contributed by atoms with van der Waals surface area (Å²) in [6, 6.07) is 6.50. The van der Waals surface area contributed by atoms with Gasteiger partial charge < -0.3 is 10.6 Å². The first-order chi connectivity index (χ1) is 9.42. The molecule has 1 rings (SSSR count). The van der Waals surface area contributed by atoms with Gasteiger partial charge in [0.25, 0.3) is 0 Å². The molecule has 0 heterocycles. The highest BCUT2D eigenvalue weighted by atomic mass is 32.2. The van der Waals surface area contributed by atoms with Crippen LogP contribution in [0.15, 0.2) is 29.2 Å². The number of hydrogen-bond acceptors (Lipinski definition) is 3. The number of amides is 1. The summed E-state index contributed by atoms with van der Waals surface area (Å²) in [5.74, 6) is -1.17. The largest absolute Gasteiger partial charge is 0.398 e. The second kappa shape index (κ2) is 8.16. The fourth-order valence-electron chi connectivity index (χ4n) is 1.49. The lowest BCUT2D eigenvalue weighted by Gasteiger charge is -2.11. The smallest absolute Gasteiger partial charge is 0.325 e. The van der Waals surface area contributed by atoms with Crippen molar-refractivity contribution in [2.45, 2.75) is 23.9 Å². The Balaban J connectivity index is 2.58. The number of carbonyl (C=O) groups excluding carboxylic acids is 1. The van der Waals surface area contributed by atoms with Crippen LogP contribution in [0, 0.1) is 0 Å². The number of para-hydroxylation sites is 1. The lowest BCUT2D eigenvalue weighted by molar-refractivity contribution is -0.116. The van der Waals surface area contributed by atoms with E-state index in [0.29, 0.717) is 35.2 Å². The summed E-state index contributed by atoms with van der Waals surface area (Å²) in [5.41, 5.74) is 0.427. The highest BCUT2D eigenvalue weighted by molar-refractivity contribution is 7.99. The normalized spacial score (nSPS) is 11.4. The minimum atomic E-state index is -4.23. The molecule has 0 bridgehead atoms. The van der Waals surface area contributed by atoms with Gasteiger partial charge in [-0.3, -0.25) is 4.79 Å². The highest BCUT2D eigenvalue weighted by Crippen LogP contribution is 2.32. The molecular formula is C13H17F3N2OS. The minimum absolute atomic E-state index is 0.194. The van der Waals surface area contributed by atoms with Crippen molar-refractivity contribution < 1.29 is 18.0 Å². The summed E-state index contributed by atoms with van der Waals surface area (Å²) >= 11 is 0.672. The van der Waals surface area contributed by atoms with E-state index < -0.39 is 11.9 Å². The summed E-state index contributed by atoms with van der Waals surface area (Å²) in [4.78, 5) is 12.1. The molecule has 0 unspecified atom stereocenters. The van der Waals surface area contributed by atoms with Gasteiger partial charge in [0.05, 0.1) is 11.4 Å². The van der Waals surface area contributed by atoms with Crippen LogP contribution in [0.3, 0.4) is 0 Å². The molecular weight excluding hydrogens is 289 g/mol. The van der Waals surface area contributed by atoms with Gasteiger partial charge in [0.15, 0.2) is 0 Å². The first-order valence-corrected chi connectivity index (χ1v) is 7.14. The standard InChI is InChI=1S/C13H17F3N2OS/c1-17-8-4-7-12(19)18-10-5-2-3-6-11(10)20-9-13(14,15)16/h2-3,5-6,17H,4,7-9H2,1H3,(H,18,19). The van der Waals surface area contributed by atoms with E-state index >= 15 is 0 Å². The van der Waals surface area contributed by atoms with Gasteiger partial charge in [-0.05, 0) is 32.1 Å². The average Bonchev–Trinajstić information content (AvgIpc) is 2.37. The minimum Gasteiger partial charge on any atom is -0.325 e. The van der Waals surface area contributed by atoms with Crippen molar-refractivity contribution in [2.24, 2.45) is 0 Å². The Morgan fingerprint density at radius 1 is 1.30 bits per heavy atom. The van der Waals surface area contributed by atoms with Crippen LogP contribution in [-0.4, -0.2) is 31.4 Å². The number of anilines is 1. The molecule has 20 heavy (non-hydrogen) atoms. The zero-order valence-corrected chi connectivity index (χ0v) is 11.9. The van der Waals surface area contributed by atoms with Crippen molar-refractivity contribution in [3.8, 4) is 0 Å². The maximum atomic E-state index is 12.2. The van der Waals surface area contributed by atoms with Crippen molar-refractivity contribution in [1.29, 1.82) is 0 Å². The zero-order chi connectivity index (χ0) is 15.0. The predicted octanol–water partition coefficient (Wildman–Crippen LogP) is 3.28. The fraction of sp³-hybridized carbons (Fsp3) is 0.462. The number of rotatable bonds is 7. The lowest BCUT2D eigenvalue weighted by atomic mass is 10.2. The van der Waals surface area contributed by atoms with Gasteiger partial charge in [-0.25, -0.2) is 0 Å². The van der Waals surface area contributed by atoms with Crippen LogP contribution < -0.4 is 10.6 Å². The van der Waals surface area contributed by atoms with Crippen LogP contribution in [0.2, 0.25) is 0 Å². The van der Waals surface area contributed by atoms with Gasteiger partial charge >= 0.3 is 6.18 Å². The number of hydrogen-bond donors (Lipinski definition) is 2. The molecule has 0 aliphatic carbocycles. The molecule has 1 aromatic carbocycles. The Kier molecular flexibility index (Phi) is 6.87. The number of halogens is 3. The molecule has 1 amide bonds. The molecule has 1 aromatic rings. The monoisotopic (exact) mass is 306 g/mol. The Bertz CT molecular complexity index is 438. The molecule has 7 heteroatoms. The van der Waals surface area contributed by atoms with Crippen molar-refractivity contribution >= 4 is 23.4 Å². The van der Waals surface area contributed by atoms with Gasteiger partial charge in [0.2, 0.25) is 5.91 Å². The van der Waals surface area contributed by atoms with Gasteiger partial charge in [0, 0.05) is 11.3 Å². The molecule has 0 atom stereocenters. The molecule has 0 spiro atoms. The van der Waals surface area contributed by atoms with Crippen LogP contribution in [0.1, 0.15) is 12.8 Å². The molecule has 0 radical (unpaired) electrons. The topological polar surface area (TPSA) is 41.1 Å². The molecule has 0 saturated carbocycles. The molecule has 112 valence electrons. The Labute approximate surface area is 120 Å². The maximum absolute atomic E-state index is 12.2. The average molecular weight is 306 g/mol. The summed E-state index contributed by atoms with van der Waals surface area (Å²) in [6.07, 6.45) is -3.21. The van der Waals surface area contributed by atoms with Crippen LogP contribution in [-0.2, 0) is 4.79 Å². The first kappa shape index (κ1) is 16.8. The molecule has 0 aliphatic heterocycles. The Hall–Kier alpha value is -1.21. The summed E-state index contributed by atoms with van der Waals surface area (Å²) in [5, 5.41) is 5.58. The van der Waals surface area contributed by atoms with Crippen molar-refractivity contribution in [1.82, 2.24) is 5.32 Å². The molecule has 2 N–H and O–H groups in total. The molecule has 0 aromatic heterocycles. The van der Waals surface area contributed by atoms with Crippen molar-refractivity contribution in [2.75, 3.05) is 24.7 Å². The zero-order valence-electron chi connectivity index (χ0n) is 11.1. The SMILES string of the molecule is CNCCCC(=O)Nc1ccccc1SCC(F)(F)F. The number of thioether (sulfide) groups is 1. The summed E-state index contributed by atoms with van der Waals surface area (Å²) < 4.78 is 36.7. The lowest BCUT2D eigenvalue weighted by Crippen LogP contribution is -2.16. The van der Waals surface area contributed by atoms with Gasteiger partial charge in [0.1, 0.15) is 0 Å². The van der Waals surface area contributed by atoms with E-state index in [9.17, 15) is 18.0 Å². The molecule has 3 nitrogen and oxygen atoms in total. The third-order valence-corrected chi connectivity index (χ3v) is 3.52. The summed E-state index contributed by atoms with van der Waals surface area (Å²) in [7, 11) is 1.79. The van der Waals surface area contributed by atoms with E-state index in [2.05, 4.69) is 10.6 Å². The second-order valence-corrected chi connectivity index (χ2v) is 5.17. The molecule has 0 saturated heterocycles. The molecule has 0 aliphatic rings. The second-order valence-electron chi connectivity index (χ2n) is 4.16. The van der Waals surface area contributed by atoms with E-state index in [-0.39, 0.29) is 5.91 Å². The van der Waals surface area contributed by atoms with E-state index in [1.54, 1.807) is 31.3 Å². The highest BCUT2D eigenvalue weighted by Gasteiger charge is 2.27.